The fourth-order valence-corrected chi connectivity index (χ4v) is 0.895. The van der Waals surface area contributed by atoms with Crippen LogP contribution in [0, 0.1) is 11.3 Å². The van der Waals surface area contributed by atoms with Gasteiger partial charge in [0.25, 0.3) is 0 Å². The van der Waals surface area contributed by atoms with Crippen LogP contribution < -0.4 is 0 Å². The van der Waals surface area contributed by atoms with Crippen LogP contribution in [0.2, 0.25) is 5.15 Å². The Morgan fingerprint density at radius 3 is 3.00 bits per heavy atom. The highest BCUT2D eigenvalue weighted by Crippen LogP contribution is 2.18. The average molecular weight is 169 g/mol. The summed E-state index contributed by atoms with van der Waals surface area (Å²) in [6, 6.07) is 4.82. The Hall–Kier alpha value is -1.11. The summed E-state index contributed by atoms with van der Waals surface area (Å²) in [5, 5.41) is 17.5. The first-order valence-electron chi connectivity index (χ1n) is 2.94. The first-order valence-corrected chi connectivity index (χ1v) is 3.31. The van der Waals surface area contributed by atoms with Crippen molar-refractivity contribution in [3.8, 4) is 6.07 Å². The van der Waals surface area contributed by atoms with Gasteiger partial charge in [0.15, 0.2) is 6.10 Å². The molecule has 3 nitrogen and oxygen atoms in total. The van der Waals surface area contributed by atoms with Gasteiger partial charge in [-0.2, -0.15) is 5.26 Å². The maximum absolute atomic E-state index is 9.02. The normalized spacial score (nSPS) is 12.1. The van der Waals surface area contributed by atoms with E-state index in [2.05, 4.69) is 4.98 Å². The van der Waals surface area contributed by atoms with Gasteiger partial charge in [0, 0.05) is 11.8 Å². The lowest BCUT2D eigenvalue weighted by atomic mass is 10.2. The molecule has 56 valence electrons. The van der Waals surface area contributed by atoms with Crippen molar-refractivity contribution in [1.29, 1.82) is 5.26 Å². The Morgan fingerprint density at radius 1 is 1.73 bits per heavy atom. The van der Waals surface area contributed by atoms with Gasteiger partial charge in [0.05, 0.1) is 6.07 Å². The van der Waals surface area contributed by atoms with E-state index in [0.29, 0.717) is 5.56 Å². The minimum Gasteiger partial charge on any atom is -0.374 e. The topological polar surface area (TPSA) is 56.9 Å². The van der Waals surface area contributed by atoms with E-state index in [0.717, 1.165) is 0 Å². The number of halogens is 1. The second-order valence-electron chi connectivity index (χ2n) is 1.92. The van der Waals surface area contributed by atoms with Gasteiger partial charge in [0.2, 0.25) is 0 Å². The van der Waals surface area contributed by atoms with E-state index in [9.17, 15) is 0 Å². The molecule has 0 amide bonds. The van der Waals surface area contributed by atoms with Crippen LogP contribution in [0.25, 0.3) is 0 Å². The van der Waals surface area contributed by atoms with Crippen molar-refractivity contribution in [2.45, 2.75) is 6.10 Å². The molecule has 1 N–H and O–H groups in total. The largest absolute Gasteiger partial charge is 0.374 e. The summed E-state index contributed by atoms with van der Waals surface area (Å²) in [6.07, 6.45) is 0.312. The predicted octanol–water partition coefficient (Wildman–Crippen LogP) is 1.29. The summed E-state index contributed by atoms with van der Waals surface area (Å²) in [5.74, 6) is 0. The molecule has 0 fully saturated rings. The molecule has 1 rings (SSSR count). The highest BCUT2D eigenvalue weighted by Gasteiger charge is 2.09. The van der Waals surface area contributed by atoms with Crippen LogP contribution in [0.15, 0.2) is 18.3 Å². The molecule has 0 spiro atoms. The zero-order chi connectivity index (χ0) is 8.27. The molecule has 11 heavy (non-hydrogen) atoms. The molecule has 0 saturated carbocycles. The number of nitriles is 1. The molecule has 0 aliphatic carbocycles. The molecule has 0 aromatic carbocycles. The van der Waals surface area contributed by atoms with Gasteiger partial charge in [-0.25, -0.2) is 4.98 Å². The van der Waals surface area contributed by atoms with Crippen LogP contribution >= 0.6 is 11.6 Å². The molecule has 4 heteroatoms. The van der Waals surface area contributed by atoms with E-state index in [1.807, 2.05) is 0 Å². The zero-order valence-electron chi connectivity index (χ0n) is 5.53. The summed E-state index contributed by atoms with van der Waals surface area (Å²) >= 11 is 5.58. The molecule has 0 aliphatic heterocycles. The lowest BCUT2D eigenvalue weighted by Crippen LogP contribution is -1.95. The summed E-state index contributed by atoms with van der Waals surface area (Å²) in [7, 11) is 0. The number of aromatic nitrogens is 1. The van der Waals surface area contributed by atoms with Crippen molar-refractivity contribution in [2.75, 3.05) is 0 Å². The van der Waals surface area contributed by atoms with Crippen LogP contribution in [0.1, 0.15) is 11.7 Å². The molecule has 0 bridgehead atoms. The molecule has 1 aromatic heterocycles. The average Bonchev–Trinajstić information content (AvgIpc) is 2.04. The number of hydrogen-bond acceptors (Lipinski definition) is 3. The summed E-state index contributed by atoms with van der Waals surface area (Å²) in [5.41, 5.74) is 0.344. The van der Waals surface area contributed by atoms with Crippen molar-refractivity contribution in [3.05, 3.63) is 29.0 Å². The Kier molecular flexibility index (Phi) is 2.42. The molecule has 0 saturated heterocycles. The van der Waals surface area contributed by atoms with Gasteiger partial charge in [-0.1, -0.05) is 17.7 Å². The van der Waals surface area contributed by atoms with E-state index in [-0.39, 0.29) is 5.15 Å². The highest BCUT2D eigenvalue weighted by atomic mass is 35.5. The fraction of sp³-hybridized carbons (Fsp3) is 0.143. The standard InChI is InChI=1S/C7H5ClN2O/c8-7-5(6(11)4-9)2-1-3-10-7/h1-3,6,11H. The van der Waals surface area contributed by atoms with E-state index < -0.39 is 6.10 Å². The Labute approximate surface area is 68.9 Å². The van der Waals surface area contributed by atoms with Crippen LogP contribution in [0.5, 0.6) is 0 Å². The number of nitrogens with zero attached hydrogens (tertiary/aromatic N) is 2. The van der Waals surface area contributed by atoms with Crippen molar-refractivity contribution in [2.24, 2.45) is 0 Å². The van der Waals surface area contributed by atoms with Crippen LogP contribution in [0.4, 0.5) is 0 Å². The van der Waals surface area contributed by atoms with Gasteiger partial charge in [-0.05, 0) is 6.07 Å². The molecule has 1 atom stereocenters. The van der Waals surface area contributed by atoms with Crippen molar-refractivity contribution in [3.63, 3.8) is 0 Å². The van der Waals surface area contributed by atoms with Gasteiger partial charge < -0.3 is 5.11 Å². The maximum Gasteiger partial charge on any atom is 0.168 e. The smallest absolute Gasteiger partial charge is 0.168 e. The quantitative estimate of drug-likeness (QED) is 0.508. The lowest BCUT2D eigenvalue weighted by molar-refractivity contribution is 0.235. The number of aliphatic hydroxyl groups excluding tert-OH is 1. The second-order valence-corrected chi connectivity index (χ2v) is 2.27. The molecular weight excluding hydrogens is 164 g/mol. The molecular formula is C7H5ClN2O. The van der Waals surface area contributed by atoms with Gasteiger partial charge in [-0.15, -0.1) is 0 Å². The fourth-order valence-electron chi connectivity index (χ4n) is 0.672. The second kappa shape index (κ2) is 3.33. The van der Waals surface area contributed by atoms with Crippen LogP contribution in [-0.2, 0) is 0 Å². The van der Waals surface area contributed by atoms with E-state index in [1.54, 1.807) is 18.2 Å². The Bertz CT molecular complexity index is 295. The summed E-state index contributed by atoms with van der Waals surface area (Å²) < 4.78 is 0. The van der Waals surface area contributed by atoms with Crippen molar-refractivity contribution in [1.82, 2.24) is 4.98 Å². The van der Waals surface area contributed by atoms with E-state index in [1.165, 1.54) is 6.20 Å². The highest BCUT2D eigenvalue weighted by molar-refractivity contribution is 6.30. The summed E-state index contributed by atoms with van der Waals surface area (Å²) in [4.78, 5) is 3.70. The third-order valence-electron chi connectivity index (χ3n) is 1.20. The first-order chi connectivity index (χ1) is 5.25. The number of pyridine rings is 1. The molecule has 1 aromatic rings. The molecule has 1 unspecified atom stereocenters. The van der Waals surface area contributed by atoms with Gasteiger partial charge >= 0.3 is 0 Å². The predicted molar refractivity (Wildman–Crippen MR) is 39.8 cm³/mol. The SMILES string of the molecule is N#CC(O)c1cccnc1Cl. The number of hydrogen-bond donors (Lipinski definition) is 1. The summed E-state index contributed by atoms with van der Waals surface area (Å²) in [6.45, 7) is 0. The first kappa shape index (κ1) is 7.99. The number of aliphatic hydroxyl groups is 1. The lowest BCUT2D eigenvalue weighted by Gasteiger charge is -2.01. The molecule has 1 heterocycles. The maximum atomic E-state index is 9.02. The van der Waals surface area contributed by atoms with E-state index >= 15 is 0 Å². The monoisotopic (exact) mass is 168 g/mol. The molecule has 0 radical (unpaired) electrons. The van der Waals surface area contributed by atoms with Crippen LogP contribution in [0.3, 0.4) is 0 Å². The zero-order valence-corrected chi connectivity index (χ0v) is 6.28. The van der Waals surface area contributed by atoms with Crippen molar-refractivity contribution >= 4 is 11.6 Å². The van der Waals surface area contributed by atoms with Gasteiger partial charge in [0.1, 0.15) is 5.15 Å². The number of rotatable bonds is 1. The Balaban J connectivity index is 3.05. The third-order valence-corrected chi connectivity index (χ3v) is 1.52. The minimum absolute atomic E-state index is 0.168. The van der Waals surface area contributed by atoms with Gasteiger partial charge in [-0.3, -0.25) is 0 Å². The van der Waals surface area contributed by atoms with Crippen LogP contribution in [-0.4, -0.2) is 10.1 Å². The Morgan fingerprint density at radius 2 is 2.45 bits per heavy atom. The van der Waals surface area contributed by atoms with Crippen molar-refractivity contribution < 1.29 is 5.11 Å². The molecule has 0 aliphatic rings. The van der Waals surface area contributed by atoms with E-state index in [4.69, 9.17) is 22.0 Å². The minimum atomic E-state index is -1.18. The third kappa shape index (κ3) is 1.67.